The second-order valence-electron chi connectivity index (χ2n) is 3.57. The maximum atomic E-state index is 5.13. The van der Waals surface area contributed by atoms with Gasteiger partial charge in [0.2, 0.25) is 0 Å². The fourth-order valence-corrected chi connectivity index (χ4v) is 2.42. The monoisotopic (exact) mass is 225 g/mol. The van der Waals surface area contributed by atoms with Crippen LogP contribution in [0.5, 0.6) is 0 Å². The van der Waals surface area contributed by atoms with E-state index < -0.39 is 0 Å². The van der Waals surface area contributed by atoms with E-state index in [0.717, 1.165) is 12.4 Å². The van der Waals surface area contributed by atoms with E-state index in [9.17, 15) is 0 Å². The van der Waals surface area contributed by atoms with Crippen molar-refractivity contribution in [2.75, 3.05) is 26.5 Å². The van der Waals surface area contributed by atoms with Gasteiger partial charge in [0, 0.05) is 23.8 Å². The van der Waals surface area contributed by atoms with Crippen LogP contribution in [0.2, 0.25) is 0 Å². The minimum absolute atomic E-state index is 0.417. The minimum Gasteiger partial charge on any atom is -0.383 e. The van der Waals surface area contributed by atoms with Crippen LogP contribution in [0.25, 0.3) is 0 Å². The Kier molecular flexibility index (Phi) is 5.76. The van der Waals surface area contributed by atoms with Crippen molar-refractivity contribution in [1.29, 1.82) is 0 Å². The molecule has 1 aromatic carbocycles. The van der Waals surface area contributed by atoms with Crippen molar-refractivity contribution in [2.24, 2.45) is 0 Å². The molecule has 0 saturated carbocycles. The summed E-state index contributed by atoms with van der Waals surface area (Å²) >= 11 is 1.86. The molecule has 0 bridgehead atoms. The fourth-order valence-electron chi connectivity index (χ4n) is 1.32. The zero-order chi connectivity index (χ0) is 11.1. The molecular formula is C12H19NOS. The number of hydrogen-bond acceptors (Lipinski definition) is 3. The average Bonchev–Trinajstić information content (AvgIpc) is 2.24. The molecular weight excluding hydrogens is 206 g/mol. The molecule has 0 amide bonds. The Balaban J connectivity index is 2.41. The van der Waals surface area contributed by atoms with Crippen LogP contribution in [0.3, 0.4) is 0 Å². The molecule has 2 nitrogen and oxygen atoms in total. The largest absolute Gasteiger partial charge is 0.383 e. The summed E-state index contributed by atoms with van der Waals surface area (Å²) in [6, 6.07) is 9.00. The van der Waals surface area contributed by atoms with Gasteiger partial charge in [-0.3, -0.25) is 0 Å². The quantitative estimate of drug-likeness (QED) is 0.751. The number of benzene rings is 1. The highest BCUT2D eigenvalue weighted by Gasteiger charge is 2.05. The van der Waals surface area contributed by atoms with Crippen molar-refractivity contribution in [3.63, 3.8) is 0 Å². The second kappa shape index (κ2) is 6.88. The molecule has 15 heavy (non-hydrogen) atoms. The predicted molar refractivity (Wildman–Crippen MR) is 66.6 cm³/mol. The zero-order valence-corrected chi connectivity index (χ0v) is 10.4. The Morgan fingerprint density at radius 1 is 1.47 bits per heavy atom. The maximum Gasteiger partial charge on any atom is 0.0623 e. The normalized spacial score (nSPS) is 12.7. The second-order valence-corrected chi connectivity index (χ2v) is 4.66. The van der Waals surface area contributed by atoms with Crippen LogP contribution >= 0.6 is 11.8 Å². The van der Waals surface area contributed by atoms with Crippen LogP contribution in [0.15, 0.2) is 29.2 Å². The number of methoxy groups -OCH3 is 1. The van der Waals surface area contributed by atoms with E-state index in [4.69, 9.17) is 4.74 Å². The first-order valence-corrected chi connectivity index (χ1v) is 6.10. The molecule has 0 aliphatic rings. The summed E-state index contributed by atoms with van der Waals surface area (Å²) in [5, 5.41) is 3.24. The van der Waals surface area contributed by atoms with Crippen molar-refractivity contribution < 1.29 is 4.74 Å². The highest BCUT2D eigenvalue weighted by atomic mass is 32.2. The number of hydrogen-bond donors (Lipinski definition) is 1. The third-order valence-corrected chi connectivity index (χ3v) is 3.37. The lowest BCUT2D eigenvalue weighted by atomic mass is 10.2. The van der Waals surface area contributed by atoms with Crippen LogP contribution in [0.4, 0.5) is 0 Å². The van der Waals surface area contributed by atoms with Gasteiger partial charge in [0.25, 0.3) is 0 Å². The van der Waals surface area contributed by atoms with E-state index >= 15 is 0 Å². The Morgan fingerprint density at radius 2 is 2.27 bits per heavy atom. The summed E-state index contributed by atoms with van der Waals surface area (Å²) in [4.78, 5) is 1.33. The van der Waals surface area contributed by atoms with Crippen molar-refractivity contribution in [2.45, 2.75) is 17.9 Å². The summed E-state index contributed by atoms with van der Waals surface area (Å²) < 4.78 is 5.13. The molecule has 0 saturated heterocycles. The van der Waals surface area contributed by atoms with E-state index in [0.29, 0.717) is 6.04 Å². The van der Waals surface area contributed by atoms with Gasteiger partial charge in [-0.1, -0.05) is 17.7 Å². The molecule has 0 fully saturated rings. The van der Waals surface area contributed by atoms with Crippen LogP contribution in [-0.2, 0) is 4.74 Å². The summed E-state index contributed by atoms with van der Waals surface area (Å²) in [5.41, 5.74) is 1.31. The molecule has 0 aliphatic carbocycles. The number of likely N-dealkylation sites (N-methyl/N-ethyl adjacent to an activating group) is 1. The van der Waals surface area contributed by atoms with Crippen molar-refractivity contribution in [1.82, 2.24) is 5.32 Å². The van der Waals surface area contributed by atoms with Crippen LogP contribution < -0.4 is 5.32 Å². The van der Waals surface area contributed by atoms with Gasteiger partial charge in [0.1, 0.15) is 0 Å². The predicted octanol–water partition coefficient (Wildman–Crippen LogP) is 2.32. The summed E-state index contributed by atoms with van der Waals surface area (Å²) in [7, 11) is 3.71. The number of ether oxygens (including phenoxy) is 1. The Hall–Kier alpha value is -0.510. The summed E-state index contributed by atoms with van der Waals surface area (Å²) in [6.45, 7) is 2.88. The SMILES string of the molecule is CNC(COC)CSc1cccc(C)c1. The minimum atomic E-state index is 0.417. The number of thioether (sulfide) groups is 1. The van der Waals surface area contributed by atoms with Gasteiger partial charge in [-0.05, 0) is 26.1 Å². The van der Waals surface area contributed by atoms with E-state index in [2.05, 4.69) is 36.5 Å². The topological polar surface area (TPSA) is 21.3 Å². The lowest BCUT2D eigenvalue weighted by Gasteiger charge is -2.14. The number of rotatable bonds is 6. The first kappa shape index (κ1) is 12.6. The standard InChI is InChI=1S/C12H19NOS/c1-10-5-4-6-12(7-10)15-9-11(13-2)8-14-3/h4-7,11,13H,8-9H2,1-3H3. The first-order valence-electron chi connectivity index (χ1n) is 5.12. The van der Waals surface area contributed by atoms with Crippen molar-refractivity contribution in [3.05, 3.63) is 29.8 Å². The van der Waals surface area contributed by atoms with Gasteiger partial charge < -0.3 is 10.1 Å². The molecule has 1 atom stereocenters. The lowest BCUT2D eigenvalue weighted by molar-refractivity contribution is 0.177. The van der Waals surface area contributed by atoms with Crippen molar-refractivity contribution in [3.8, 4) is 0 Å². The number of nitrogens with one attached hydrogen (secondary N) is 1. The Labute approximate surface area is 96.4 Å². The molecule has 1 aromatic rings. The highest BCUT2D eigenvalue weighted by molar-refractivity contribution is 7.99. The fraction of sp³-hybridized carbons (Fsp3) is 0.500. The molecule has 3 heteroatoms. The molecule has 0 heterocycles. The zero-order valence-electron chi connectivity index (χ0n) is 9.62. The third-order valence-electron chi connectivity index (χ3n) is 2.22. The third kappa shape index (κ3) is 4.69. The van der Waals surface area contributed by atoms with E-state index in [-0.39, 0.29) is 0 Å². The molecule has 1 unspecified atom stereocenters. The van der Waals surface area contributed by atoms with Crippen molar-refractivity contribution >= 4 is 11.8 Å². The Morgan fingerprint density at radius 3 is 2.87 bits per heavy atom. The van der Waals surface area contributed by atoms with Gasteiger partial charge in [-0.25, -0.2) is 0 Å². The number of aryl methyl sites for hydroxylation is 1. The van der Waals surface area contributed by atoms with Gasteiger partial charge in [0.15, 0.2) is 0 Å². The van der Waals surface area contributed by atoms with E-state index in [1.807, 2.05) is 18.8 Å². The van der Waals surface area contributed by atoms with E-state index in [1.54, 1.807) is 7.11 Å². The first-order chi connectivity index (χ1) is 7.26. The van der Waals surface area contributed by atoms with Gasteiger partial charge in [0.05, 0.1) is 6.61 Å². The maximum absolute atomic E-state index is 5.13. The van der Waals surface area contributed by atoms with Gasteiger partial charge in [-0.2, -0.15) is 0 Å². The van der Waals surface area contributed by atoms with Crippen LogP contribution in [0.1, 0.15) is 5.56 Å². The molecule has 0 spiro atoms. The molecule has 1 rings (SSSR count). The molecule has 84 valence electrons. The molecule has 0 aromatic heterocycles. The van der Waals surface area contributed by atoms with Gasteiger partial charge in [-0.15, -0.1) is 11.8 Å². The lowest BCUT2D eigenvalue weighted by Crippen LogP contribution is -2.32. The summed E-state index contributed by atoms with van der Waals surface area (Å²) in [6.07, 6.45) is 0. The van der Waals surface area contributed by atoms with Gasteiger partial charge >= 0.3 is 0 Å². The molecule has 1 N–H and O–H groups in total. The van der Waals surface area contributed by atoms with E-state index in [1.165, 1.54) is 10.5 Å². The average molecular weight is 225 g/mol. The Bertz CT molecular complexity index is 291. The van der Waals surface area contributed by atoms with Crippen LogP contribution in [0, 0.1) is 6.92 Å². The smallest absolute Gasteiger partial charge is 0.0623 e. The highest BCUT2D eigenvalue weighted by Crippen LogP contribution is 2.19. The van der Waals surface area contributed by atoms with Crippen LogP contribution in [-0.4, -0.2) is 32.6 Å². The summed E-state index contributed by atoms with van der Waals surface area (Å²) in [5.74, 6) is 1.04. The molecule has 0 aliphatic heterocycles. The molecule has 0 radical (unpaired) electrons.